The largest absolute Gasteiger partial charge is 0.378 e. The third kappa shape index (κ3) is 3.38. The highest BCUT2D eigenvalue weighted by molar-refractivity contribution is 5.86. The van der Waals surface area contributed by atoms with E-state index >= 15 is 0 Å². The maximum Gasteiger partial charge on any atom is 0.228 e. The van der Waals surface area contributed by atoms with E-state index in [4.69, 9.17) is 20.4 Å². The molecule has 2 aromatic rings. The van der Waals surface area contributed by atoms with Gasteiger partial charge in [-0.2, -0.15) is 4.98 Å². The van der Waals surface area contributed by atoms with Crippen LogP contribution in [0.3, 0.4) is 0 Å². The van der Waals surface area contributed by atoms with Crippen molar-refractivity contribution in [1.29, 1.82) is 0 Å². The zero-order valence-corrected chi connectivity index (χ0v) is 19.3. The van der Waals surface area contributed by atoms with Crippen molar-refractivity contribution in [2.75, 3.05) is 61.5 Å². The Morgan fingerprint density at radius 3 is 2.42 bits per heavy atom. The van der Waals surface area contributed by atoms with Gasteiger partial charge in [0.05, 0.1) is 24.4 Å². The molecule has 2 N–H and O–H groups in total. The summed E-state index contributed by atoms with van der Waals surface area (Å²) in [4.78, 5) is 37.8. The molecule has 1 aliphatic carbocycles. The highest BCUT2D eigenvalue weighted by atomic mass is 16.5. The van der Waals surface area contributed by atoms with Crippen LogP contribution in [0.1, 0.15) is 32.3 Å². The molecule has 4 aliphatic rings. The van der Waals surface area contributed by atoms with Crippen molar-refractivity contribution in [2.24, 2.45) is 5.41 Å². The number of hydrogen-bond acceptors (Lipinski definition) is 9. The van der Waals surface area contributed by atoms with E-state index in [1.165, 1.54) is 0 Å². The first-order chi connectivity index (χ1) is 15.9. The molecule has 3 fully saturated rings. The van der Waals surface area contributed by atoms with Crippen molar-refractivity contribution in [2.45, 2.75) is 38.6 Å². The van der Waals surface area contributed by atoms with Gasteiger partial charge in [0.1, 0.15) is 5.82 Å². The minimum absolute atomic E-state index is 0.127. The predicted molar refractivity (Wildman–Crippen MR) is 124 cm³/mol. The van der Waals surface area contributed by atoms with Gasteiger partial charge in [-0.05, 0) is 26.2 Å². The maximum atomic E-state index is 12.8. The molecule has 6 rings (SSSR count). The fourth-order valence-corrected chi connectivity index (χ4v) is 5.25. The molecular weight excluding hydrogens is 420 g/mol. The Kier molecular flexibility index (Phi) is 4.52. The van der Waals surface area contributed by atoms with Gasteiger partial charge < -0.3 is 25.2 Å². The van der Waals surface area contributed by atoms with Gasteiger partial charge >= 0.3 is 0 Å². The minimum Gasteiger partial charge on any atom is -0.378 e. The third-order valence-corrected chi connectivity index (χ3v) is 7.57. The van der Waals surface area contributed by atoms with Crippen LogP contribution in [0.5, 0.6) is 0 Å². The highest BCUT2D eigenvalue weighted by Crippen LogP contribution is 2.49. The van der Waals surface area contributed by atoms with Gasteiger partial charge in [-0.3, -0.25) is 4.79 Å². The smallest absolute Gasteiger partial charge is 0.228 e. The molecule has 0 bridgehead atoms. The molecular formula is C23H30N8O2. The molecule has 5 heterocycles. The molecule has 3 aliphatic heterocycles. The number of morpholine rings is 1. The van der Waals surface area contributed by atoms with Gasteiger partial charge in [0.2, 0.25) is 17.8 Å². The second-order valence-electron chi connectivity index (χ2n) is 10.2. The van der Waals surface area contributed by atoms with Crippen LogP contribution in [-0.2, 0) is 16.0 Å². The molecule has 1 amide bonds. The molecule has 0 atom stereocenters. The number of nitrogens with two attached hydrogens (primary N) is 1. The molecule has 10 heteroatoms. The van der Waals surface area contributed by atoms with Crippen LogP contribution >= 0.6 is 0 Å². The van der Waals surface area contributed by atoms with E-state index in [-0.39, 0.29) is 16.9 Å². The number of anilines is 3. The summed E-state index contributed by atoms with van der Waals surface area (Å²) in [6.45, 7) is 9.49. The molecule has 33 heavy (non-hydrogen) atoms. The first kappa shape index (κ1) is 20.6. The van der Waals surface area contributed by atoms with Crippen molar-refractivity contribution < 1.29 is 9.53 Å². The van der Waals surface area contributed by atoms with E-state index in [1.807, 2.05) is 4.90 Å². The molecule has 0 spiro atoms. The summed E-state index contributed by atoms with van der Waals surface area (Å²) in [7, 11) is 0. The summed E-state index contributed by atoms with van der Waals surface area (Å²) in [5, 5.41) is 0. The number of amides is 1. The van der Waals surface area contributed by atoms with E-state index in [9.17, 15) is 4.79 Å². The van der Waals surface area contributed by atoms with E-state index < -0.39 is 0 Å². The average molecular weight is 451 g/mol. The Balaban J connectivity index is 1.35. The first-order valence-electron chi connectivity index (χ1n) is 11.7. The lowest BCUT2D eigenvalue weighted by Gasteiger charge is -2.54. The monoisotopic (exact) mass is 450 g/mol. The van der Waals surface area contributed by atoms with Gasteiger partial charge in [0, 0.05) is 61.7 Å². The maximum absolute atomic E-state index is 12.8. The lowest BCUT2D eigenvalue weighted by Crippen LogP contribution is -2.70. The van der Waals surface area contributed by atoms with Gasteiger partial charge in [-0.15, -0.1) is 0 Å². The van der Waals surface area contributed by atoms with Crippen LogP contribution in [0.15, 0.2) is 12.4 Å². The predicted octanol–water partition coefficient (Wildman–Crippen LogP) is 1.12. The Bertz CT molecular complexity index is 1090. The van der Waals surface area contributed by atoms with Gasteiger partial charge in [-0.1, -0.05) is 6.92 Å². The summed E-state index contributed by atoms with van der Waals surface area (Å²) >= 11 is 0. The normalized spacial score (nSPS) is 22.7. The number of aromatic nitrogens is 4. The first-order valence-corrected chi connectivity index (χ1v) is 11.7. The quantitative estimate of drug-likeness (QED) is 0.732. The van der Waals surface area contributed by atoms with Crippen molar-refractivity contribution >= 4 is 23.6 Å². The summed E-state index contributed by atoms with van der Waals surface area (Å²) < 4.78 is 5.53. The van der Waals surface area contributed by atoms with Crippen LogP contribution in [-0.4, -0.2) is 82.2 Å². The van der Waals surface area contributed by atoms with Gasteiger partial charge in [0.25, 0.3) is 0 Å². The molecule has 2 aromatic heterocycles. The SMILES string of the molecule is CC1(C(=O)N2CC(C)(N3CCc4c(-c5cnc(N)nc5)nc(N5CCOCC5)nc43)C2)CC1. The number of nitrogen functional groups attached to an aromatic ring is 1. The van der Waals surface area contributed by atoms with Crippen molar-refractivity contribution in [1.82, 2.24) is 24.8 Å². The van der Waals surface area contributed by atoms with Crippen LogP contribution in [0.25, 0.3) is 11.3 Å². The molecule has 0 radical (unpaired) electrons. The van der Waals surface area contributed by atoms with Crippen LogP contribution < -0.4 is 15.5 Å². The Labute approximate surface area is 193 Å². The highest BCUT2D eigenvalue weighted by Gasteiger charge is 2.55. The zero-order chi connectivity index (χ0) is 22.8. The number of carbonyl (C=O) groups excluding carboxylic acids is 1. The van der Waals surface area contributed by atoms with Gasteiger partial charge in [0.15, 0.2) is 0 Å². The van der Waals surface area contributed by atoms with Crippen LogP contribution in [0, 0.1) is 5.41 Å². The number of ether oxygens (including phenoxy) is 1. The fourth-order valence-electron chi connectivity index (χ4n) is 5.25. The van der Waals surface area contributed by atoms with Crippen molar-refractivity contribution in [3.05, 3.63) is 18.0 Å². The number of likely N-dealkylation sites (tertiary alicyclic amines) is 1. The Morgan fingerprint density at radius 1 is 1.06 bits per heavy atom. The zero-order valence-electron chi connectivity index (χ0n) is 19.3. The average Bonchev–Trinajstić information content (AvgIpc) is 3.41. The Morgan fingerprint density at radius 2 is 1.76 bits per heavy atom. The minimum atomic E-state index is -0.127. The lowest BCUT2D eigenvalue weighted by molar-refractivity contribution is -0.143. The summed E-state index contributed by atoms with van der Waals surface area (Å²) in [6, 6.07) is 0. The van der Waals surface area contributed by atoms with Crippen molar-refractivity contribution in [3.8, 4) is 11.3 Å². The lowest BCUT2D eigenvalue weighted by atomic mass is 9.88. The number of carbonyl (C=O) groups is 1. The van der Waals surface area contributed by atoms with Crippen LogP contribution in [0.2, 0.25) is 0 Å². The molecule has 0 aromatic carbocycles. The number of rotatable bonds is 4. The second-order valence-corrected chi connectivity index (χ2v) is 10.2. The summed E-state index contributed by atoms with van der Waals surface area (Å²) in [6.07, 6.45) is 6.33. The summed E-state index contributed by atoms with van der Waals surface area (Å²) in [5.74, 6) is 2.22. The number of hydrogen-bond donors (Lipinski definition) is 1. The molecule has 10 nitrogen and oxygen atoms in total. The molecule has 0 unspecified atom stereocenters. The Hall–Kier alpha value is -3.01. The molecule has 1 saturated carbocycles. The van der Waals surface area contributed by atoms with E-state index in [0.29, 0.717) is 25.1 Å². The molecule has 174 valence electrons. The van der Waals surface area contributed by atoms with Crippen molar-refractivity contribution in [3.63, 3.8) is 0 Å². The van der Waals surface area contributed by atoms with Crippen LogP contribution in [0.4, 0.5) is 17.7 Å². The van der Waals surface area contributed by atoms with Gasteiger partial charge in [-0.25, -0.2) is 15.0 Å². The van der Waals surface area contributed by atoms with E-state index in [0.717, 1.165) is 74.6 Å². The number of fused-ring (bicyclic) bond motifs is 1. The third-order valence-electron chi connectivity index (χ3n) is 7.57. The number of nitrogens with zero attached hydrogens (tertiary/aromatic N) is 7. The summed E-state index contributed by atoms with van der Waals surface area (Å²) in [5.41, 5.74) is 8.29. The standard InChI is InChI=1S/C23H30N8O2/c1-22(4-5-22)19(32)30-13-23(2,14-30)31-6-3-16-17(15-11-25-20(24)26-12-15)27-21(28-18(16)31)29-7-9-33-10-8-29/h11-12H,3-10,13-14H2,1-2H3,(H2,24,25,26). The molecule has 2 saturated heterocycles. The van der Waals surface area contributed by atoms with E-state index in [1.54, 1.807) is 12.4 Å². The second kappa shape index (κ2) is 7.24. The van der Waals surface area contributed by atoms with E-state index in [2.05, 4.69) is 33.6 Å². The topological polar surface area (TPSA) is 114 Å². The fraction of sp³-hybridized carbons (Fsp3) is 0.609.